The summed E-state index contributed by atoms with van der Waals surface area (Å²) in [6.45, 7) is 3.39. The molecule has 19 heavy (non-hydrogen) atoms. The van der Waals surface area contributed by atoms with E-state index >= 15 is 0 Å². The number of hydrogen-bond donors (Lipinski definition) is 2. The number of piperidine rings is 1. The second-order valence-electron chi connectivity index (χ2n) is 5.17. The van der Waals surface area contributed by atoms with Gasteiger partial charge in [-0.2, -0.15) is 0 Å². The number of nitrogens with one attached hydrogen (secondary N) is 1. The first-order valence-corrected chi connectivity index (χ1v) is 6.84. The molecule has 1 heterocycles. The predicted octanol–water partition coefficient (Wildman–Crippen LogP) is -0.133. The SMILES string of the molecule is COCC(=O)N1CCC(NC(=O)CCC(C)N)CC1. The first-order chi connectivity index (χ1) is 9.02. The van der Waals surface area contributed by atoms with E-state index in [-0.39, 0.29) is 30.5 Å². The third-order valence-corrected chi connectivity index (χ3v) is 3.31. The molecule has 0 spiro atoms. The Morgan fingerprint density at radius 3 is 2.58 bits per heavy atom. The largest absolute Gasteiger partial charge is 0.375 e. The maximum Gasteiger partial charge on any atom is 0.248 e. The number of rotatable bonds is 6. The van der Waals surface area contributed by atoms with Crippen molar-refractivity contribution in [3.8, 4) is 0 Å². The Morgan fingerprint density at radius 2 is 2.05 bits per heavy atom. The van der Waals surface area contributed by atoms with E-state index in [1.807, 2.05) is 6.92 Å². The minimum atomic E-state index is 0.0178. The van der Waals surface area contributed by atoms with E-state index in [4.69, 9.17) is 10.5 Å². The first-order valence-electron chi connectivity index (χ1n) is 6.84. The van der Waals surface area contributed by atoms with Crippen LogP contribution in [0.3, 0.4) is 0 Å². The average Bonchev–Trinajstić information content (AvgIpc) is 2.37. The van der Waals surface area contributed by atoms with Gasteiger partial charge >= 0.3 is 0 Å². The van der Waals surface area contributed by atoms with Gasteiger partial charge in [0, 0.05) is 38.7 Å². The fraction of sp³-hybridized carbons (Fsp3) is 0.846. The number of ether oxygens (including phenoxy) is 1. The highest BCUT2D eigenvalue weighted by Crippen LogP contribution is 2.11. The topological polar surface area (TPSA) is 84.7 Å². The highest BCUT2D eigenvalue weighted by molar-refractivity contribution is 5.78. The summed E-state index contributed by atoms with van der Waals surface area (Å²) in [5, 5.41) is 3.00. The van der Waals surface area contributed by atoms with Gasteiger partial charge in [-0.1, -0.05) is 0 Å². The van der Waals surface area contributed by atoms with Crippen LogP contribution in [0.15, 0.2) is 0 Å². The molecule has 1 fully saturated rings. The monoisotopic (exact) mass is 271 g/mol. The lowest BCUT2D eigenvalue weighted by molar-refractivity contribution is -0.136. The summed E-state index contributed by atoms with van der Waals surface area (Å²) < 4.78 is 4.83. The maximum absolute atomic E-state index is 11.7. The van der Waals surface area contributed by atoms with Crippen LogP contribution in [0.5, 0.6) is 0 Å². The van der Waals surface area contributed by atoms with Crippen molar-refractivity contribution < 1.29 is 14.3 Å². The lowest BCUT2D eigenvalue weighted by Crippen LogP contribution is -2.47. The van der Waals surface area contributed by atoms with Crippen LogP contribution in [-0.2, 0) is 14.3 Å². The molecule has 0 bridgehead atoms. The summed E-state index contributed by atoms with van der Waals surface area (Å²) in [6.07, 6.45) is 2.79. The van der Waals surface area contributed by atoms with E-state index in [9.17, 15) is 9.59 Å². The zero-order valence-corrected chi connectivity index (χ0v) is 11.9. The van der Waals surface area contributed by atoms with E-state index in [1.54, 1.807) is 4.90 Å². The number of carbonyl (C=O) groups is 2. The molecule has 6 nitrogen and oxygen atoms in total. The van der Waals surface area contributed by atoms with Gasteiger partial charge in [-0.3, -0.25) is 9.59 Å². The zero-order valence-electron chi connectivity index (χ0n) is 11.9. The van der Waals surface area contributed by atoms with Gasteiger partial charge in [0.25, 0.3) is 0 Å². The zero-order chi connectivity index (χ0) is 14.3. The van der Waals surface area contributed by atoms with E-state index < -0.39 is 0 Å². The van der Waals surface area contributed by atoms with Crippen molar-refractivity contribution in [2.75, 3.05) is 26.8 Å². The highest BCUT2D eigenvalue weighted by atomic mass is 16.5. The van der Waals surface area contributed by atoms with Crippen LogP contribution in [0.4, 0.5) is 0 Å². The minimum absolute atomic E-state index is 0.0178. The molecule has 0 aromatic heterocycles. The van der Waals surface area contributed by atoms with Crippen molar-refractivity contribution in [1.29, 1.82) is 0 Å². The van der Waals surface area contributed by atoms with Gasteiger partial charge < -0.3 is 20.7 Å². The van der Waals surface area contributed by atoms with Crippen molar-refractivity contribution in [3.05, 3.63) is 0 Å². The summed E-state index contributed by atoms with van der Waals surface area (Å²) in [6, 6.07) is 0.228. The molecule has 1 aliphatic heterocycles. The van der Waals surface area contributed by atoms with Gasteiger partial charge in [0.1, 0.15) is 6.61 Å². The van der Waals surface area contributed by atoms with Gasteiger partial charge in [-0.05, 0) is 26.2 Å². The summed E-state index contributed by atoms with van der Waals surface area (Å²) in [4.78, 5) is 25.1. The van der Waals surface area contributed by atoms with Crippen molar-refractivity contribution in [2.45, 2.75) is 44.7 Å². The first kappa shape index (κ1) is 15.9. The van der Waals surface area contributed by atoms with Gasteiger partial charge in [0.15, 0.2) is 0 Å². The third kappa shape index (κ3) is 6.02. The third-order valence-electron chi connectivity index (χ3n) is 3.31. The fourth-order valence-corrected chi connectivity index (χ4v) is 2.15. The number of carbonyl (C=O) groups excluding carboxylic acids is 2. The number of amides is 2. The predicted molar refractivity (Wildman–Crippen MR) is 72.5 cm³/mol. The van der Waals surface area contributed by atoms with E-state index in [2.05, 4.69) is 5.32 Å². The molecular formula is C13H25N3O3. The Labute approximate surface area is 114 Å². The molecule has 6 heteroatoms. The molecule has 1 saturated heterocycles. The number of nitrogens with two attached hydrogens (primary N) is 1. The molecule has 0 aliphatic carbocycles. The van der Waals surface area contributed by atoms with Gasteiger partial charge in [0.05, 0.1) is 0 Å². The molecule has 0 aromatic carbocycles. The number of hydrogen-bond acceptors (Lipinski definition) is 4. The van der Waals surface area contributed by atoms with E-state index in [1.165, 1.54) is 7.11 Å². The number of methoxy groups -OCH3 is 1. The van der Waals surface area contributed by atoms with Crippen LogP contribution >= 0.6 is 0 Å². The quantitative estimate of drug-likeness (QED) is 0.704. The molecule has 3 N–H and O–H groups in total. The van der Waals surface area contributed by atoms with Crippen LogP contribution in [0.2, 0.25) is 0 Å². The summed E-state index contributed by atoms with van der Waals surface area (Å²) in [7, 11) is 1.52. The second kappa shape index (κ2) is 8.12. The van der Waals surface area contributed by atoms with Gasteiger partial charge in [0.2, 0.25) is 11.8 Å². The van der Waals surface area contributed by atoms with Crippen LogP contribution < -0.4 is 11.1 Å². The minimum Gasteiger partial charge on any atom is -0.375 e. The lowest BCUT2D eigenvalue weighted by Gasteiger charge is -2.32. The molecular weight excluding hydrogens is 246 g/mol. The molecule has 0 saturated carbocycles. The summed E-state index contributed by atoms with van der Waals surface area (Å²) in [5.41, 5.74) is 5.62. The summed E-state index contributed by atoms with van der Waals surface area (Å²) in [5.74, 6) is 0.0724. The Hall–Kier alpha value is -1.14. The Kier molecular flexibility index (Phi) is 6.80. The Bertz CT molecular complexity index is 300. The number of likely N-dealkylation sites (tertiary alicyclic amines) is 1. The van der Waals surface area contributed by atoms with Crippen molar-refractivity contribution in [3.63, 3.8) is 0 Å². The fourth-order valence-electron chi connectivity index (χ4n) is 2.15. The number of nitrogens with zero attached hydrogens (tertiary/aromatic N) is 1. The average molecular weight is 271 g/mol. The molecule has 2 amide bonds. The molecule has 0 radical (unpaired) electrons. The van der Waals surface area contributed by atoms with E-state index in [0.29, 0.717) is 25.9 Å². The molecule has 110 valence electrons. The summed E-state index contributed by atoms with van der Waals surface area (Å²) >= 11 is 0. The maximum atomic E-state index is 11.7. The van der Waals surface area contributed by atoms with Crippen LogP contribution in [0.25, 0.3) is 0 Å². The van der Waals surface area contributed by atoms with Gasteiger partial charge in [-0.25, -0.2) is 0 Å². The Balaban J connectivity index is 2.22. The molecule has 1 rings (SSSR count). The van der Waals surface area contributed by atoms with Crippen LogP contribution in [-0.4, -0.2) is 55.6 Å². The lowest BCUT2D eigenvalue weighted by atomic mass is 10.0. The Morgan fingerprint density at radius 1 is 1.42 bits per heavy atom. The standard InChI is InChI=1S/C13H25N3O3/c1-10(14)3-4-12(17)15-11-5-7-16(8-6-11)13(18)9-19-2/h10-11H,3-9,14H2,1-2H3,(H,15,17). The van der Waals surface area contributed by atoms with Crippen LogP contribution in [0.1, 0.15) is 32.6 Å². The molecule has 1 atom stereocenters. The highest BCUT2D eigenvalue weighted by Gasteiger charge is 2.23. The van der Waals surface area contributed by atoms with Crippen molar-refractivity contribution >= 4 is 11.8 Å². The van der Waals surface area contributed by atoms with Crippen molar-refractivity contribution in [1.82, 2.24) is 10.2 Å². The smallest absolute Gasteiger partial charge is 0.248 e. The second-order valence-corrected chi connectivity index (χ2v) is 5.17. The van der Waals surface area contributed by atoms with Crippen LogP contribution in [0, 0.1) is 0 Å². The molecule has 1 unspecified atom stereocenters. The van der Waals surface area contributed by atoms with Crippen molar-refractivity contribution in [2.24, 2.45) is 5.73 Å². The van der Waals surface area contributed by atoms with E-state index in [0.717, 1.165) is 12.8 Å². The molecule has 1 aliphatic rings. The normalized spacial score (nSPS) is 18.2. The van der Waals surface area contributed by atoms with Gasteiger partial charge in [-0.15, -0.1) is 0 Å². The molecule has 0 aromatic rings.